The van der Waals surface area contributed by atoms with E-state index in [2.05, 4.69) is 5.32 Å². The molecule has 1 aliphatic carbocycles. The first kappa shape index (κ1) is 15.0. The molecule has 1 aromatic carbocycles. The average Bonchev–Trinajstić information content (AvgIpc) is 3.01. The fourth-order valence-electron chi connectivity index (χ4n) is 2.87. The van der Waals surface area contributed by atoms with E-state index >= 15 is 0 Å². The molecule has 1 atom stereocenters. The van der Waals surface area contributed by atoms with Gasteiger partial charge in [0.25, 0.3) is 0 Å². The third-order valence-electron chi connectivity index (χ3n) is 4.09. The van der Waals surface area contributed by atoms with Gasteiger partial charge >= 0.3 is 0 Å². The maximum Gasteiger partial charge on any atom is 0.126 e. The van der Waals surface area contributed by atoms with Crippen LogP contribution in [0.1, 0.15) is 25.7 Å². The maximum absolute atomic E-state index is 5.93. The number of ether oxygens (including phenoxy) is 3. The van der Waals surface area contributed by atoms with E-state index in [1.165, 1.54) is 25.7 Å². The summed E-state index contributed by atoms with van der Waals surface area (Å²) in [5.41, 5.74) is 0. The van der Waals surface area contributed by atoms with Crippen molar-refractivity contribution >= 4 is 0 Å². The minimum absolute atomic E-state index is 0.412. The quantitative estimate of drug-likeness (QED) is 0.833. The minimum Gasteiger partial charge on any atom is -0.496 e. The van der Waals surface area contributed by atoms with Gasteiger partial charge in [-0.05, 0) is 25.8 Å². The normalized spacial score (nSPS) is 16.9. The van der Waals surface area contributed by atoms with E-state index in [4.69, 9.17) is 14.2 Å². The third kappa shape index (κ3) is 3.79. The largest absolute Gasteiger partial charge is 0.496 e. The van der Waals surface area contributed by atoms with Crippen molar-refractivity contribution in [2.24, 2.45) is 5.92 Å². The summed E-state index contributed by atoms with van der Waals surface area (Å²) < 4.78 is 16.4. The van der Waals surface area contributed by atoms with Crippen molar-refractivity contribution in [3.63, 3.8) is 0 Å². The first-order chi connectivity index (χ1) is 9.76. The Hall–Kier alpha value is -1.42. The molecule has 0 radical (unpaired) electrons. The van der Waals surface area contributed by atoms with E-state index in [-0.39, 0.29) is 0 Å². The lowest BCUT2D eigenvalue weighted by molar-refractivity contribution is 0.223. The Balaban J connectivity index is 1.97. The summed E-state index contributed by atoms with van der Waals surface area (Å²) in [6, 6.07) is 6.04. The van der Waals surface area contributed by atoms with Crippen molar-refractivity contribution in [1.82, 2.24) is 5.32 Å². The molecule has 2 rings (SSSR count). The molecular weight excluding hydrogens is 254 g/mol. The van der Waals surface area contributed by atoms with Crippen molar-refractivity contribution < 1.29 is 14.2 Å². The van der Waals surface area contributed by atoms with Crippen LogP contribution in [0, 0.1) is 5.92 Å². The number of hydrogen-bond donors (Lipinski definition) is 1. The maximum atomic E-state index is 5.93. The van der Waals surface area contributed by atoms with Crippen molar-refractivity contribution in [3.8, 4) is 17.2 Å². The lowest BCUT2D eigenvalue weighted by Gasteiger charge is -2.23. The number of rotatable bonds is 7. The van der Waals surface area contributed by atoms with Gasteiger partial charge in [0.1, 0.15) is 23.9 Å². The van der Waals surface area contributed by atoms with Crippen molar-refractivity contribution in [2.45, 2.75) is 31.7 Å². The molecule has 1 saturated carbocycles. The van der Waals surface area contributed by atoms with Crippen LogP contribution in [0.5, 0.6) is 17.2 Å². The van der Waals surface area contributed by atoms with Crippen molar-refractivity contribution in [2.75, 3.05) is 27.9 Å². The van der Waals surface area contributed by atoms with Gasteiger partial charge in [0.2, 0.25) is 0 Å². The summed E-state index contributed by atoms with van der Waals surface area (Å²) in [4.78, 5) is 0. The third-order valence-corrected chi connectivity index (χ3v) is 4.09. The Morgan fingerprint density at radius 2 is 1.60 bits per heavy atom. The first-order valence-corrected chi connectivity index (χ1v) is 7.30. The number of benzene rings is 1. The van der Waals surface area contributed by atoms with Gasteiger partial charge in [-0.3, -0.25) is 0 Å². The van der Waals surface area contributed by atoms with Gasteiger partial charge in [0.05, 0.1) is 14.2 Å². The van der Waals surface area contributed by atoms with E-state index in [1.54, 1.807) is 14.2 Å². The van der Waals surface area contributed by atoms with Gasteiger partial charge in [-0.25, -0.2) is 0 Å². The highest BCUT2D eigenvalue weighted by Crippen LogP contribution is 2.30. The Kier molecular flexibility index (Phi) is 5.53. The molecular formula is C16H25NO3. The van der Waals surface area contributed by atoms with Gasteiger partial charge in [0, 0.05) is 24.2 Å². The van der Waals surface area contributed by atoms with E-state index in [0.29, 0.717) is 12.6 Å². The van der Waals surface area contributed by atoms with Crippen LogP contribution >= 0.6 is 0 Å². The molecule has 1 unspecified atom stereocenters. The highest BCUT2D eigenvalue weighted by Gasteiger charge is 2.24. The SMILES string of the molecule is CNC(COc1cc(OC)cc(OC)c1)C1CCCC1. The van der Waals surface area contributed by atoms with Gasteiger partial charge in [-0.1, -0.05) is 12.8 Å². The summed E-state index contributed by atoms with van der Waals surface area (Å²) in [6.07, 6.45) is 5.29. The van der Waals surface area contributed by atoms with Crippen molar-refractivity contribution in [1.29, 1.82) is 0 Å². The second kappa shape index (κ2) is 7.39. The number of methoxy groups -OCH3 is 2. The van der Waals surface area contributed by atoms with Crippen LogP contribution in [0.4, 0.5) is 0 Å². The second-order valence-corrected chi connectivity index (χ2v) is 5.30. The van der Waals surface area contributed by atoms with Gasteiger partial charge in [-0.15, -0.1) is 0 Å². The molecule has 0 heterocycles. The summed E-state index contributed by atoms with van der Waals surface area (Å²) in [5, 5.41) is 3.38. The van der Waals surface area contributed by atoms with E-state index in [0.717, 1.165) is 23.2 Å². The molecule has 20 heavy (non-hydrogen) atoms. The molecule has 1 aliphatic rings. The highest BCUT2D eigenvalue weighted by atomic mass is 16.5. The van der Waals surface area contributed by atoms with Gasteiger partial charge in [0.15, 0.2) is 0 Å². The zero-order valence-electron chi connectivity index (χ0n) is 12.6. The molecule has 1 N–H and O–H groups in total. The monoisotopic (exact) mass is 279 g/mol. The zero-order chi connectivity index (χ0) is 14.4. The Labute approximate surface area is 121 Å². The molecule has 0 spiro atoms. The minimum atomic E-state index is 0.412. The van der Waals surface area contributed by atoms with E-state index < -0.39 is 0 Å². The lowest BCUT2D eigenvalue weighted by atomic mass is 9.99. The first-order valence-electron chi connectivity index (χ1n) is 7.30. The average molecular weight is 279 g/mol. The molecule has 4 nitrogen and oxygen atoms in total. The molecule has 0 saturated heterocycles. The molecule has 1 fully saturated rings. The topological polar surface area (TPSA) is 39.7 Å². The molecule has 0 bridgehead atoms. The van der Waals surface area contributed by atoms with Crippen LogP contribution < -0.4 is 19.5 Å². The van der Waals surface area contributed by atoms with E-state index in [1.807, 2.05) is 25.2 Å². The molecule has 1 aromatic rings. The summed E-state index contributed by atoms with van der Waals surface area (Å²) in [5.74, 6) is 3.02. The molecule has 0 amide bonds. The molecule has 0 aliphatic heterocycles. The Bertz CT molecular complexity index is 394. The van der Waals surface area contributed by atoms with Crippen LogP contribution in [0.3, 0.4) is 0 Å². The lowest BCUT2D eigenvalue weighted by Crippen LogP contribution is -2.37. The van der Waals surface area contributed by atoms with Crippen LogP contribution in [0.25, 0.3) is 0 Å². The zero-order valence-corrected chi connectivity index (χ0v) is 12.6. The summed E-state index contributed by atoms with van der Waals surface area (Å²) in [6.45, 7) is 0.678. The van der Waals surface area contributed by atoms with Crippen LogP contribution in [0.15, 0.2) is 18.2 Å². The predicted molar refractivity (Wildman–Crippen MR) is 79.8 cm³/mol. The van der Waals surface area contributed by atoms with Crippen molar-refractivity contribution in [3.05, 3.63) is 18.2 Å². The summed E-state index contributed by atoms with van der Waals surface area (Å²) >= 11 is 0. The van der Waals surface area contributed by atoms with Crippen LogP contribution in [0.2, 0.25) is 0 Å². The smallest absolute Gasteiger partial charge is 0.126 e. The highest BCUT2D eigenvalue weighted by molar-refractivity contribution is 5.42. The standard InChI is InChI=1S/C16H25NO3/c1-17-16(12-6-4-5-7-12)11-20-15-9-13(18-2)8-14(10-15)19-3/h8-10,12,16-17H,4-7,11H2,1-3H3. The Morgan fingerprint density at radius 1 is 1.05 bits per heavy atom. The van der Waals surface area contributed by atoms with Crippen LogP contribution in [-0.2, 0) is 0 Å². The summed E-state index contributed by atoms with van der Waals surface area (Å²) in [7, 11) is 5.31. The molecule has 112 valence electrons. The van der Waals surface area contributed by atoms with E-state index in [9.17, 15) is 0 Å². The predicted octanol–water partition coefficient (Wildman–Crippen LogP) is 2.86. The Morgan fingerprint density at radius 3 is 2.10 bits per heavy atom. The second-order valence-electron chi connectivity index (χ2n) is 5.30. The van der Waals surface area contributed by atoms with Gasteiger partial charge in [-0.2, -0.15) is 0 Å². The molecule has 0 aromatic heterocycles. The fraction of sp³-hybridized carbons (Fsp3) is 0.625. The number of hydrogen-bond acceptors (Lipinski definition) is 4. The van der Waals surface area contributed by atoms with Gasteiger partial charge < -0.3 is 19.5 Å². The fourth-order valence-corrected chi connectivity index (χ4v) is 2.87. The molecule has 4 heteroatoms. The number of nitrogens with one attached hydrogen (secondary N) is 1. The number of likely N-dealkylation sites (N-methyl/N-ethyl adjacent to an activating group) is 1. The van der Waals surface area contributed by atoms with Crippen LogP contribution in [-0.4, -0.2) is 33.9 Å².